The van der Waals surface area contributed by atoms with Crippen LogP contribution in [0.5, 0.6) is 0 Å². The zero-order valence-electron chi connectivity index (χ0n) is 47.4. The van der Waals surface area contributed by atoms with Gasteiger partial charge in [0.2, 0.25) is 0 Å². The van der Waals surface area contributed by atoms with Gasteiger partial charge in [-0.2, -0.15) is 0 Å². The lowest BCUT2D eigenvalue weighted by atomic mass is 9.79. The molecule has 390 valence electrons. The normalized spacial score (nSPS) is 12.8. The van der Waals surface area contributed by atoms with E-state index in [1.165, 1.54) is 64.0 Å². The van der Waals surface area contributed by atoms with E-state index in [-0.39, 0.29) is 21.7 Å². The largest absolute Gasteiger partial charge is 0.309 e. The van der Waals surface area contributed by atoms with Gasteiger partial charge in [0.05, 0.1) is 33.4 Å². The molecule has 5 heterocycles. The van der Waals surface area contributed by atoms with Gasteiger partial charge in [-0.15, -0.1) is 11.3 Å². The fourth-order valence-corrected chi connectivity index (χ4v) is 12.8. The Balaban J connectivity index is 1.12. The van der Waals surface area contributed by atoms with E-state index in [1.807, 2.05) is 23.7 Å². The topological polar surface area (TPSA) is 61.4 Å². The minimum atomic E-state index is -0.115. The number of fused-ring (bicyclic) bond motifs is 10. The van der Waals surface area contributed by atoms with Crippen LogP contribution in [0.15, 0.2) is 182 Å². The summed E-state index contributed by atoms with van der Waals surface area (Å²) in [6.45, 7) is 27.4. The number of para-hydroxylation sites is 3. The number of aromatic nitrogens is 6. The van der Waals surface area contributed by atoms with Gasteiger partial charge in [0.1, 0.15) is 0 Å². The van der Waals surface area contributed by atoms with Crippen molar-refractivity contribution in [2.24, 2.45) is 0 Å². The smallest absolute Gasteiger partial charge is 0.164 e. The summed E-state index contributed by atoms with van der Waals surface area (Å²) in [6.07, 6.45) is 3.98. The molecule has 0 aliphatic rings. The third-order valence-electron chi connectivity index (χ3n) is 16.1. The summed E-state index contributed by atoms with van der Waals surface area (Å²) in [6, 6.07) is 62.6. The molecule has 0 atom stereocenters. The first kappa shape index (κ1) is 50.3. The van der Waals surface area contributed by atoms with Crippen molar-refractivity contribution in [3.8, 4) is 56.7 Å². The predicted octanol–water partition coefficient (Wildman–Crippen LogP) is 19.7. The highest BCUT2D eigenvalue weighted by molar-refractivity contribution is 7.26. The van der Waals surface area contributed by atoms with Gasteiger partial charge in [-0.25, -0.2) is 15.0 Å². The van der Waals surface area contributed by atoms with Gasteiger partial charge in [0.25, 0.3) is 0 Å². The minimum Gasteiger partial charge on any atom is -0.309 e. The lowest BCUT2D eigenvalue weighted by Crippen LogP contribution is -2.17. The van der Waals surface area contributed by atoms with Gasteiger partial charge >= 0.3 is 0 Å². The SMILES string of the molecule is CC(C)(C)c1cc(-c2nc(-c3cc(C(C)(C)C)cc(C(C)(C)C)c3)nc(-c3ccc(-n4c5ccccc5c5ccccc54)c(-c4cnccc4-n4c5ccccc5c5c6sc7ccccc7c6ccc54)c3)n2)cc(C(C)(C)C)c1. The minimum absolute atomic E-state index is 0.115. The molecule has 0 fully saturated rings. The average Bonchev–Trinajstić information content (AvgIpc) is 3.61. The number of pyridine rings is 1. The van der Waals surface area contributed by atoms with E-state index < -0.39 is 0 Å². The van der Waals surface area contributed by atoms with Gasteiger partial charge in [-0.1, -0.05) is 174 Å². The van der Waals surface area contributed by atoms with Crippen molar-refractivity contribution in [3.63, 3.8) is 0 Å². The molecular formula is C72H66N6S. The molecule has 0 saturated carbocycles. The molecule has 0 radical (unpaired) electrons. The van der Waals surface area contributed by atoms with Crippen molar-refractivity contribution in [2.45, 2.75) is 105 Å². The number of hydrogen-bond acceptors (Lipinski definition) is 5. The zero-order chi connectivity index (χ0) is 54.9. The highest BCUT2D eigenvalue weighted by Crippen LogP contribution is 2.46. The van der Waals surface area contributed by atoms with E-state index in [1.54, 1.807) is 0 Å². The first-order chi connectivity index (χ1) is 37.7. The molecular weight excluding hydrogens is 981 g/mol. The third kappa shape index (κ3) is 8.61. The number of thiophene rings is 1. The van der Waals surface area contributed by atoms with E-state index in [9.17, 15) is 0 Å². The van der Waals surface area contributed by atoms with Crippen LogP contribution in [0.3, 0.4) is 0 Å². The molecule has 8 aromatic carbocycles. The molecule has 79 heavy (non-hydrogen) atoms. The van der Waals surface area contributed by atoms with Crippen LogP contribution in [0, 0.1) is 0 Å². The molecule has 0 bridgehead atoms. The van der Waals surface area contributed by atoms with Gasteiger partial charge in [0, 0.05) is 81.9 Å². The van der Waals surface area contributed by atoms with Gasteiger partial charge in [-0.05, 0) is 123 Å². The number of benzene rings is 8. The Morgan fingerprint density at radius 2 is 0.797 bits per heavy atom. The predicted molar refractivity (Wildman–Crippen MR) is 336 cm³/mol. The van der Waals surface area contributed by atoms with Crippen molar-refractivity contribution in [1.29, 1.82) is 0 Å². The molecule has 0 N–H and O–H groups in total. The molecule has 0 aliphatic heterocycles. The van der Waals surface area contributed by atoms with Crippen molar-refractivity contribution in [1.82, 2.24) is 29.1 Å². The van der Waals surface area contributed by atoms with E-state index in [0.29, 0.717) is 17.5 Å². The summed E-state index contributed by atoms with van der Waals surface area (Å²) in [5, 5.41) is 7.43. The van der Waals surface area contributed by atoms with Crippen molar-refractivity contribution < 1.29 is 0 Å². The van der Waals surface area contributed by atoms with Crippen molar-refractivity contribution in [3.05, 3.63) is 205 Å². The van der Waals surface area contributed by atoms with E-state index >= 15 is 0 Å². The molecule has 7 heteroatoms. The molecule has 0 unspecified atom stereocenters. The second-order valence-corrected chi connectivity index (χ2v) is 26.7. The first-order valence-corrected chi connectivity index (χ1v) is 28.5. The third-order valence-corrected chi connectivity index (χ3v) is 17.3. The van der Waals surface area contributed by atoms with Crippen LogP contribution in [-0.2, 0) is 21.7 Å². The van der Waals surface area contributed by atoms with Crippen LogP contribution >= 0.6 is 11.3 Å². The second-order valence-electron chi connectivity index (χ2n) is 25.7. The van der Waals surface area contributed by atoms with E-state index in [0.717, 1.165) is 61.3 Å². The monoisotopic (exact) mass is 1050 g/mol. The molecule has 0 amide bonds. The Hall–Kier alpha value is -8.26. The highest BCUT2D eigenvalue weighted by Gasteiger charge is 2.28. The van der Waals surface area contributed by atoms with E-state index in [2.05, 4.69) is 262 Å². The molecule has 6 nitrogen and oxygen atoms in total. The number of nitrogens with zero attached hydrogens (tertiary/aromatic N) is 6. The summed E-state index contributed by atoms with van der Waals surface area (Å²) in [5.74, 6) is 1.88. The fourth-order valence-electron chi connectivity index (χ4n) is 11.6. The van der Waals surface area contributed by atoms with Crippen LogP contribution in [0.2, 0.25) is 0 Å². The van der Waals surface area contributed by atoms with E-state index in [4.69, 9.17) is 19.9 Å². The maximum absolute atomic E-state index is 5.57. The Bertz CT molecular complexity index is 4380. The summed E-state index contributed by atoms with van der Waals surface area (Å²) >= 11 is 1.88. The lowest BCUT2D eigenvalue weighted by molar-refractivity contribution is 0.568. The second kappa shape index (κ2) is 18.2. The molecule has 13 rings (SSSR count). The molecule has 0 spiro atoms. The maximum Gasteiger partial charge on any atom is 0.164 e. The molecule has 0 saturated heterocycles. The molecule has 0 aliphatic carbocycles. The maximum atomic E-state index is 5.57. The lowest BCUT2D eigenvalue weighted by Gasteiger charge is -2.26. The van der Waals surface area contributed by atoms with Crippen LogP contribution < -0.4 is 0 Å². The quantitative estimate of drug-likeness (QED) is 0.166. The summed E-state index contributed by atoms with van der Waals surface area (Å²) in [5.41, 5.74) is 15.9. The van der Waals surface area contributed by atoms with Gasteiger partial charge in [-0.3, -0.25) is 4.98 Å². The highest BCUT2D eigenvalue weighted by atomic mass is 32.1. The molecule has 13 aromatic rings. The van der Waals surface area contributed by atoms with Gasteiger partial charge in [0.15, 0.2) is 17.5 Å². The Morgan fingerprint density at radius 1 is 0.354 bits per heavy atom. The van der Waals surface area contributed by atoms with Crippen LogP contribution in [0.4, 0.5) is 0 Å². The average molecular weight is 1050 g/mol. The van der Waals surface area contributed by atoms with Crippen LogP contribution in [-0.4, -0.2) is 29.1 Å². The molecule has 5 aromatic heterocycles. The van der Waals surface area contributed by atoms with Crippen molar-refractivity contribution >= 4 is 75.1 Å². The summed E-state index contributed by atoms with van der Waals surface area (Å²) in [4.78, 5) is 21.6. The number of rotatable bonds is 6. The fraction of sp³-hybridized carbons (Fsp3) is 0.222. The Morgan fingerprint density at radius 3 is 1.33 bits per heavy atom. The number of hydrogen-bond donors (Lipinski definition) is 0. The standard InChI is InChI=1S/C72H66N6S/c1-69(2,3)46-35-44(36-47(40-46)70(4,5)6)67-74-66(75-68(76-67)45-37-48(71(7,8)9)41-49(38-45)72(10,11)12)43-29-31-60(77-57-25-17-13-21-50(57)51-22-14-18-26-58(51)77)55(39-43)56-42-73-34-33-61(56)78-59-27-19-15-24-54(59)64-62(78)32-30-53-52-23-16-20-28-63(52)79-65(53)64/h13-42H,1-12H3. The van der Waals surface area contributed by atoms with Gasteiger partial charge < -0.3 is 9.13 Å². The first-order valence-electron chi connectivity index (χ1n) is 27.7. The van der Waals surface area contributed by atoms with Crippen LogP contribution in [0.1, 0.15) is 105 Å². The van der Waals surface area contributed by atoms with Crippen molar-refractivity contribution in [2.75, 3.05) is 0 Å². The summed E-state index contributed by atoms with van der Waals surface area (Å²) < 4.78 is 7.47. The zero-order valence-corrected chi connectivity index (χ0v) is 48.2. The Kier molecular flexibility index (Phi) is 11.5. The summed E-state index contributed by atoms with van der Waals surface area (Å²) in [7, 11) is 0. The Labute approximate surface area is 467 Å². The van der Waals surface area contributed by atoms with Crippen LogP contribution in [0.25, 0.3) is 120 Å².